The summed E-state index contributed by atoms with van der Waals surface area (Å²) in [5, 5.41) is 23.5. The van der Waals surface area contributed by atoms with E-state index in [-0.39, 0.29) is 25.9 Å². The number of rotatable bonds is 27. The molecule has 1 aromatic rings. The van der Waals surface area contributed by atoms with Crippen LogP contribution in [0.4, 0.5) is 4.39 Å². The number of primary amides is 1. The molecule has 0 aromatic heterocycles. The number of nitrogens with one attached hydrogen (secondary N) is 1. The third kappa shape index (κ3) is 16.0. The van der Waals surface area contributed by atoms with Gasteiger partial charge < -0.3 is 26.0 Å². The van der Waals surface area contributed by atoms with E-state index in [2.05, 4.69) is 12.2 Å². The number of aliphatic hydroxyl groups is 1. The average molecular weight is 635 g/mol. The first kappa shape index (κ1) is 39.8. The molecule has 0 fully saturated rings. The van der Waals surface area contributed by atoms with Crippen LogP contribution in [0.3, 0.4) is 0 Å². The fourth-order valence-corrected chi connectivity index (χ4v) is 5.15. The van der Waals surface area contributed by atoms with Gasteiger partial charge in [-0.3, -0.25) is 18.8 Å². The molecule has 1 aromatic carbocycles. The summed E-state index contributed by atoms with van der Waals surface area (Å²) in [5.74, 6) is -3.74. The number of alkyl halides is 1. The Morgan fingerprint density at radius 1 is 0.933 bits per heavy atom. The van der Waals surface area contributed by atoms with Crippen molar-refractivity contribution in [2.45, 2.75) is 128 Å². The third-order valence-corrected chi connectivity index (χ3v) is 7.83. The number of ketones is 1. The molecule has 0 unspecified atom stereocenters. The monoisotopic (exact) mass is 634 g/mol. The number of hydrogen-bond acceptors (Lipinski definition) is 6. The molecule has 0 bridgehead atoms. The SMILES string of the molecule is CCCCCCCC(=O)CCCCCCC=C[C@H](C(=O)N[C@@H](Cc1ccc(OCCCF)cc1)C(N)=O)[C@@](O)(CCC)C(=O)O. The maximum Gasteiger partial charge on any atom is 0.336 e. The second kappa shape index (κ2) is 23.1. The molecule has 3 atom stereocenters. The van der Waals surface area contributed by atoms with Gasteiger partial charge in [0.15, 0.2) is 5.60 Å². The Labute approximate surface area is 268 Å². The predicted octanol–water partition coefficient (Wildman–Crippen LogP) is 6.00. The van der Waals surface area contributed by atoms with Crippen LogP contribution in [0.25, 0.3) is 0 Å². The highest BCUT2D eigenvalue weighted by Gasteiger charge is 2.46. The van der Waals surface area contributed by atoms with E-state index in [9.17, 15) is 33.8 Å². The highest BCUT2D eigenvalue weighted by Crippen LogP contribution is 2.27. The summed E-state index contributed by atoms with van der Waals surface area (Å²) >= 11 is 0. The number of carboxylic acid groups (broad SMARTS) is 1. The van der Waals surface area contributed by atoms with Crippen molar-refractivity contribution in [3.63, 3.8) is 0 Å². The molecule has 0 saturated heterocycles. The van der Waals surface area contributed by atoms with Gasteiger partial charge in [0.05, 0.1) is 19.2 Å². The summed E-state index contributed by atoms with van der Waals surface area (Å²) in [6.45, 7) is 3.63. The number of unbranched alkanes of at least 4 members (excludes halogenated alkanes) is 8. The lowest BCUT2D eigenvalue weighted by Crippen LogP contribution is -2.55. The minimum Gasteiger partial charge on any atom is -0.494 e. The maximum absolute atomic E-state index is 13.4. The normalized spacial score (nSPS) is 14.0. The molecule has 0 saturated carbocycles. The van der Waals surface area contributed by atoms with Gasteiger partial charge in [0.25, 0.3) is 0 Å². The van der Waals surface area contributed by atoms with Gasteiger partial charge in [0, 0.05) is 25.7 Å². The Balaban J connectivity index is 2.75. The van der Waals surface area contributed by atoms with E-state index in [1.54, 1.807) is 37.3 Å². The number of carbonyl (C=O) groups excluding carboxylic acids is 3. The number of Topliss-reactive ketones (excluding diaryl/α,β-unsaturated/α-hetero) is 1. The second-order valence-corrected chi connectivity index (χ2v) is 11.7. The zero-order chi connectivity index (χ0) is 33.5. The molecule has 0 aliphatic carbocycles. The molecule has 254 valence electrons. The predicted molar refractivity (Wildman–Crippen MR) is 174 cm³/mol. The summed E-state index contributed by atoms with van der Waals surface area (Å²) in [6.07, 6.45) is 14.4. The van der Waals surface area contributed by atoms with Crippen LogP contribution >= 0.6 is 0 Å². The van der Waals surface area contributed by atoms with Gasteiger partial charge in [-0.1, -0.05) is 83.1 Å². The van der Waals surface area contributed by atoms with E-state index in [1.807, 2.05) is 0 Å². The zero-order valence-corrected chi connectivity index (χ0v) is 27.2. The quantitative estimate of drug-likeness (QED) is 0.0684. The fourth-order valence-electron chi connectivity index (χ4n) is 5.15. The first-order chi connectivity index (χ1) is 21.6. The number of allylic oxidation sites excluding steroid dienone is 1. The molecule has 0 aliphatic rings. The van der Waals surface area contributed by atoms with E-state index < -0.39 is 42.0 Å². The minimum atomic E-state index is -2.37. The van der Waals surface area contributed by atoms with Crippen molar-refractivity contribution in [1.82, 2.24) is 5.32 Å². The average Bonchev–Trinajstić information content (AvgIpc) is 3.00. The molecular weight excluding hydrogens is 579 g/mol. The molecule has 1 rings (SSSR count). The Morgan fingerprint density at radius 2 is 1.56 bits per heavy atom. The van der Waals surface area contributed by atoms with Gasteiger partial charge in [0.1, 0.15) is 17.6 Å². The van der Waals surface area contributed by atoms with Crippen LogP contribution in [-0.2, 0) is 25.6 Å². The molecule has 0 heterocycles. The van der Waals surface area contributed by atoms with Crippen LogP contribution in [-0.4, -0.2) is 58.7 Å². The molecular formula is C35H55FN2O7. The van der Waals surface area contributed by atoms with Crippen LogP contribution in [0.5, 0.6) is 5.75 Å². The van der Waals surface area contributed by atoms with Crippen molar-refractivity contribution in [3.8, 4) is 5.75 Å². The zero-order valence-electron chi connectivity index (χ0n) is 27.2. The topological polar surface area (TPSA) is 156 Å². The van der Waals surface area contributed by atoms with Gasteiger partial charge in [-0.25, -0.2) is 4.79 Å². The highest BCUT2D eigenvalue weighted by atomic mass is 19.1. The number of amides is 2. The Morgan fingerprint density at radius 3 is 2.11 bits per heavy atom. The summed E-state index contributed by atoms with van der Waals surface area (Å²) in [5.41, 5.74) is 3.88. The van der Waals surface area contributed by atoms with Gasteiger partial charge >= 0.3 is 5.97 Å². The van der Waals surface area contributed by atoms with Gasteiger partial charge in [-0.05, 0) is 49.8 Å². The lowest BCUT2D eigenvalue weighted by molar-refractivity contribution is -0.167. The molecule has 9 nitrogen and oxygen atoms in total. The second-order valence-electron chi connectivity index (χ2n) is 11.7. The summed E-state index contributed by atoms with van der Waals surface area (Å²) in [7, 11) is 0. The molecule has 0 aliphatic heterocycles. The Kier molecular flexibility index (Phi) is 20.4. The van der Waals surface area contributed by atoms with Crippen molar-refractivity contribution >= 4 is 23.6 Å². The number of hydrogen-bond donors (Lipinski definition) is 4. The molecule has 0 spiro atoms. The van der Waals surface area contributed by atoms with Crippen molar-refractivity contribution in [3.05, 3.63) is 42.0 Å². The molecule has 0 radical (unpaired) electrons. The number of halogens is 1. The van der Waals surface area contributed by atoms with Gasteiger partial charge in [0.2, 0.25) is 11.8 Å². The number of carbonyl (C=O) groups is 4. The number of ether oxygens (including phenoxy) is 1. The molecule has 10 heteroatoms. The lowest BCUT2D eigenvalue weighted by Gasteiger charge is -2.30. The summed E-state index contributed by atoms with van der Waals surface area (Å²) in [6, 6.07) is 5.57. The lowest BCUT2D eigenvalue weighted by atomic mass is 9.82. The number of aliphatic carboxylic acids is 1. The number of nitrogens with two attached hydrogens (primary N) is 1. The van der Waals surface area contributed by atoms with Crippen LogP contribution < -0.4 is 15.8 Å². The largest absolute Gasteiger partial charge is 0.494 e. The van der Waals surface area contributed by atoms with Crippen molar-refractivity contribution in [2.24, 2.45) is 11.7 Å². The standard InChI is InChI=1S/C35H55FN2O7/c1-3-5-6-9-12-16-28(39)17-13-10-7-8-11-14-18-30(35(44,23-4-2)34(42)43)33(41)38-31(32(37)40)26-27-19-21-29(22-20-27)45-25-15-24-36/h14,18-22,30-31,44H,3-13,15-17,23-26H2,1-2H3,(H2,37,40)(H,38,41)(H,42,43)/t30-,31+,35+/m1/s1. The summed E-state index contributed by atoms with van der Waals surface area (Å²) < 4.78 is 17.7. The van der Waals surface area contributed by atoms with Crippen LogP contribution in [0.1, 0.15) is 116 Å². The smallest absolute Gasteiger partial charge is 0.336 e. The maximum atomic E-state index is 13.4. The third-order valence-electron chi connectivity index (χ3n) is 7.83. The van der Waals surface area contributed by atoms with Crippen LogP contribution in [0.2, 0.25) is 0 Å². The highest BCUT2D eigenvalue weighted by molar-refractivity contribution is 5.93. The molecule has 45 heavy (non-hydrogen) atoms. The number of carboxylic acids is 1. The Bertz CT molecular complexity index is 1050. The molecule has 2 amide bonds. The molecule has 5 N–H and O–H groups in total. The van der Waals surface area contributed by atoms with E-state index >= 15 is 0 Å². The fraction of sp³-hybridized carbons (Fsp3) is 0.657. The Hall–Kier alpha value is -3.27. The summed E-state index contributed by atoms with van der Waals surface area (Å²) in [4.78, 5) is 49.9. The van der Waals surface area contributed by atoms with Crippen molar-refractivity contribution < 1.29 is 38.5 Å². The van der Waals surface area contributed by atoms with Crippen molar-refractivity contribution in [1.29, 1.82) is 0 Å². The van der Waals surface area contributed by atoms with Crippen molar-refractivity contribution in [2.75, 3.05) is 13.3 Å². The number of benzene rings is 1. The van der Waals surface area contributed by atoms with Crippen LogP contribution in [0.15, 0.2) is 36.4 Å². The first-order valence-corrected chi connectivity index (χ1v) is 16.6. The van der Waals surface area contributed by atoms with E-state index in [0.717, 1.165) is 38.5 Å². The van der Waals surface area contributed by atoms with E-state index in [4.69, 9.17) is 10.5 Å². The van der Waals surface area contributed by atoms with Gasteiger partial charge in [-0.15, -0.1) is 0 Å². The van der Waals surface area contributed by atoms with E-state index in [1.165, 1.54) is 25.3 Å². The minimum absolute atomic E-state index is 0.0445. The van der Waals surface area contributed by atoms with Gasteiger partial charge in [-0.2, -0.15) is 0 Å². The van der Waals surface area contributed by atoms with Crippen LogP contribution in [0, 0.1) is 5.92 Å². The van der Waals surface area contributed by atoms with E-state index in [0.29, 0.717) is 42.8 Å². The first-order valence-electron chi connectivity index (χ1n) is 16.6.